The van der Waals surface area contributed by atoms with Gasteiger partial charge in [0, 0.05) is 22.3 Å². The minimum atomic E-state index is 0.597. The Bertz CT molecular complexity index is 1840. The van der Waals surface area contributed by atoms with Crippen LogP contribution in [0.1, 0.15) is 0 Å². The van der Waals surface area contributed by atoms with Crippen molar-refractivity contribution in [1.29, 1.82) is 0 Å². The second-order valence-electron chi connectivity index (χ2n) is 8.94. The van der Waals surface area contributed by atoms with Gasteiger partial charge < -0.3 is 8.83 Å². The van der Waals surface area contributed by atoms with Crippen LogP contribution < -0.4 is 0 Å². The molecule has 8 heteroatoms. The van der Waals surface area contributed by atoms with Gasteiger partial charge in [-0.1, -0.05) is 97.1 Å². The molecular weight excluding hydrogens is 500 g/mol. The summed E-state index contributed by atoms with van der Waals surface area (Å²) in [5, 5.41) is 9.01. The number of imidazole rings is 2. The molecule has 0 aliphatic carbocycles. The van der Waals surface area contributed by atoms with Gasteiger partial charge in [-0.2, -0.15) is 9.03 Å². The second kappa shape index (κ2) is 10.2. The predicted molar refractivity (Wildman–Crippen MR) is 152 cm³/mol. The first-order valence-corrected chi connectivity index (χ1v) is 12.7. The Morgan fingerprint density at radius 1 is 0.400 bits per heavy atom. The molecule has 192 valence electrons. The standard InChI is InChI=1S/2C16H11N3O/c2*1-3-7-12(8-4-1)15-17-11-14-19(15)18-16(20-14)13-9-5-2-6-10-13/h2*1-11H. The maximum absolute atomic E-state index is 5.75. The van der Waals surface area contributed by atoms with E-state index in [9.17, 15) is 0 Å². The number of hydrogen-bond acceptors (Lipinski definition) is 6. The van der Waals surface area contributed by atoms with E-state index < -0.39 is 0 Å². The summed E-state index contributed by atoms with van der Waals surface area (Å²) < 4.78 is 15.0. The summed E-state index contributed by atoms with van der Waals surface area (Å²) in [6.07, 6.45) is 3.39. The molecule has 0 fully saturated rings. The van der Waals surface area contributed by atoms with Gasteiger partial charge in [0.15, 0.2) is 11.6 Å². The average molecular weight is 523 g/mol. The Hall–Kier alpha value is -5.76. The van der Waals surface area contributed by atoms with Crippen LogP contribution in [0.15, 0.2) is 143 Å². The molecule has 8 rings (SSSR count). The first-order chi connectivity index (χ1) is 19.8. The van der Waals surface area contributed by atoms with Crippen LogP contribution in [-0.2, 0) is 0 Å². The van der Waals surface area contributed by atoms with Crippen LogP contribution in [-0.4, -0.2) is 29.2 Å². The first-order valence-electron chi connectivity index (χ1n) is 12.7. The van der Waals surface area contributed by atoms with Crippen molar-refractivity contribution in [1.82, 2.24) is 29.2 Å². The molecule has 0 amide bonds. The number of hydrogen-bond donors (Lipinski definition) is 0. The van der Waals surface area contributed by atoms with Gasteiger partial charge in [-0.25, -0.2) is 9.97 Å². The summed E-state index contributed by atoms with van der Waals surface area (Å²) in [6, 6.07) is 39.6. The Kier molecular flexibility index (Phi) is 5.95. The lowest BCUT2D eigenvalue weighted by molar-refractivity contribution is 0.616. The van der Waals surface area contributed by atoms with Crippen molar-refractivity contribution in [3.05, 3.63) is 134 Å². The molecule has 0 bridgehead atoms. The fraction of sp³-hybridized carbons (Fsp3) is 0. The predicted octanol–water partition coefficient (Wildman–Crippen LogP) is 7.31. The van der Waals surface area contributed by atoms with Gasteiger partial charge in [-0.05, 0) is 24.3 Å². The minimum Gasteiger partial charge on any atom is -0.417 e. The third-order valence-electron chi connectivity index (χ3n) is 6.30. The monoisotopic (exact) mass is 522 g/mol. The molecule has 0 atom stereocenters. The topological polar surface area (TPSA) is 86.7 Å². The maximum atomic E-state index is 5.75. The van der Waals surface area contributed by atoms with Crippen LogP contribution in [0.2, 0.25) is 0 Å². The van der Waals surface area contributed by atoms with Crippen LogP contribution >= 0.6 is 0 Å². The van der Waals surface area contributed by atoms with E-state index in [1.807, 2.05) is 121 Å². The molecule has 40 heavy (non-hydrogen) atoms. The van der Waals surface area contributed by atoms with Crippen molar-refractivity contribution >= 4 is 11.4 Å². The van der Waals surface area contributed by atoms with Crippen LogP contribution in [0.25, 0.3) is 57.1 Å². The number of benzene rings is 4. The number of aromatic nitrogens is 6. The van der Waals surface area contributed by atoms with E-state index in [2.05, 4.69) is 20.2 Å². The summed E-state index contributed by atoms with van der Waals surface area (Å²) in [7, 11) is 0. The van der Waals surface area contributed by atoms with E-state index in [0.717, 1.165) is 33.9 Å². The second-order valence-corrected chi connectivity index (χ2v) is 8.94. The highest BCUT2D eigenvalue weighted by atomic mass is 16.4. The summed E-state index contributed by atoms with van der Waals surface area (Å²) in [5.41, 5.74) is 5.22. The summed E-state index contributed by atoms with van der Waals surface area (Å²) >= 11 is 0. The van der Waals surface area contributed by atoms with Gasteiger partial charge >= 0.3 is 0 Å². The van der Waals surface area contributed by atoms with Crippen LogP contribution in [0.4, 0.5) is 0 Å². The van der Waals surface area contributed by atoms with E-state index in [0.29, 0.717) is 23.2 Å². The van der Waals surface area contributed by atoms with Crippen LogP contribution in [0.5, 0.6) is 0 Å². The van der Waals surface area contributed by atoms with E-state index in [1.54, 1.807) is 21.4 Å². The van der Waals surface area contributed by atoms with Gasteiger partial charge in [0.2, 0.25) is 23.2 Å². The zero-order valence-corrected chi connectivity index (χ0v) is 21.2. The molecule has 0 N–H and O–H groups in total. The lowest BCUT2D eigenvalue weighted by Crippen LogP contribution is -1.90. The third kappa shape index (κ3) is 4.43. The fourth-order valence-electron chi connectivity index (χ4n) is 4.38. The summed E-state index contributed by atoms with van der Waals surface area (Å²) in [5.74, 6) is 2.76. The van der Waals surface area contributed by atoms with Crippen molar-refractivity contribution < 1.29 is 8.83 Å². The molecular formula is C32H22N6O2. The molecule has 0 aliphatic heterocycles. The quantitative estimate of drug-likeness (QED) is 0.241. The molecule has 0 saturated heterocycles. The molecule has 0 aliphatic rings. The first kappa shape index (κ1) is 23.4. The number of fused-ring (bicyclic) bond motifs is 2. The molecule has 0 radical (unpaired) electrons. The smallest absolute Gasteiger partial charge is 0.246 e. The van der Waals surface area contributed by atoms with Crippen molar-refractivity contribution in [2.75, 3.05) is 0 Å². The summed E-state index contributed by atoms with van der Waals surface area (Å²) in [6.45, 7) is 0. The maximum Gasteiger partial charge on any atom is 0.246 e. The highest BCUT2D eigenvalue weighted by Crippen LogP contribution is 2.25. The Balaban J connectivity index is 0.000000132. The lowest BCUT2D eigenvalue weighted by atomic mass is 10.2. The van der Waals surface area contributed by atoms with Crippen molar-refractivity contribution in [3.8, 4) is 45.7 Å². The van der Waals surface area contributed by atoms with Gasteiger partial charge in [0.05, 0.1) is 12.4 Å². The molecule has 0 spiro atoms. The van der Waals surface area contributed by atoms with Crippen molar-refractivity contribution in [3.63, 3.8) is 0 Å². The zero-order chi connectivity index (χ0) is 26.7. The van der Waals surface area contributed by atoms with Crippen molar-refractivity contribution in [2.45, 2.75) is 0 Å². The molecule has 0 unspecified atom stereocenters. The molecule has 8 nitrogen and oxygen atoms in total. The Morgan fingerprint density at radius 2 is 0.725 bits per heavy atom. The molecule has 0 saturated carbocycles. The molecule has 4 aromatic heterocycles. The molecule has 8 aromatic rings. The molecule has 4 heterocycles. The van der Waals surface area contributed by atoms with Gasteiger partial charge in [0.25, 0.3) is 0 Å². The zero-order valence-electron chi connectivity index (χ0n) is 21.2. The normalized spacial score (nSPS) is 11.0. The third-order valence-corrected chi connectivity index (χ3v) is 6.30. The average Bonchev–Trinajstić information content (AvgIpc) is 3.81. The Labute approximate surface area is 228 Å². The van der Waals surface area contributed by atoms with E-state index >= 15 is 0 Å². The highest BCUT2D eigenvalue weighted by Gasteiger charge is 2.15. The largest absolute Gasteiger partial charge is 0.417 e. The van der Waals surface area contributed by atoms with Gasteiger partial charge in [-0.15, -0.1) is 10.2 Å². The lowest BCUT2D eigenvalue weighted by Gasteiger charge is -1.96. The Morgan fingerprint density at radius 3 is 1.07 bits per heavy atom. The highest BCUT2D eigenvalue weighted by molar-refractivity contribution is 5.62. The van der Waals surface area contributed by atoms with Crippen LogP contribution in [0.3, 0.4) is 0 Å². The fourth-order valence-corrected chi connectivity index (χ4v) is 4.38. The van der Waals surface area contributed by atoms with E-state index in [-0.39, 0.29) is 0 Å². The van der Waals surface area contributed by atoms with Crippen molar-refractivity contribution in [2.24, 2.45) is 0 Å². The van der Waals surface area contributed by atoms with E-state index in [4.69, 9.17) is 8.83 Å². The van der Waals surface area contributed by atoms with Crippen LogP contribution in [0, 0.1) is 0 Å². The molecule has 4 aromatic carbocycles. The van der Waals surface area contributed by atoms with E-state index in [1.165, 1.54) is 0 Å². The minimum absolute atomic E-state index is 0.597. The number of rotatable bonds is 4. The van der Waals surface area contributed by atoms with Gasteiger partial charge in [0.1, 0.15) is 0 Å². The SMILES string of the molecule is c1ccc(-c2nn3c(-c4ccccc4)ncc3o2)cc1.c1ccc(-c2nn3c(-c4ccccc4)ncc3o2)cc1. The summed E-state index contributed by atoms with van der Waals surface area (Å²) in [4.78, 5) is 8.73. The van der Waals surface area contributed by atoms with Gasteiger partial charge in [-0.3, -0.25) is 0 Å². The number of nitrogens with zero attached hydrogens (tertiary/aromatic N) is 6.